The quantitative estimate of drug-likeness (QED) is 0.841. The summed E-state index contributed by atoms with van der Waals surface area (Å²) in [6.45, 7) is 0. The third kappa shape index (κ3) is 2.87. The topological polar surface area (TPSA) is 64.4 Å². The number of benzene rings is 2. The molecule has 142 valence electrons. The van der Waals surface area contributed by atoms with Gasteiger partial charge in [-0.15, -0.1) is 0 Å². The summed E-state index contributed by atoms with van der Waals surface area (Å²) in [4.78, 5) is 8.38. The van der Waals surface area contributed by atoms with Gasteiger partial charge in [-0.3, -0.25) is 4.99 Å². The first-order valence-corrected chi connectivity index (χ1v) is 8.07. The monoisotopic (exact) mass is 375 g/mol. The van der Waals surface area contributed by atoms with Crippen LogP contribution in [0.3, 0.4) is 0 Å². The number of nitrogens with zero attached hydrogens (tertiary/aromatic N) is 2. The number of methoxy groups -OCH3 is 3. The van der Waals surface area contributed by atoms with Crippen molar-refractivity contribution in [3.63, 3.8) is 0 Å². The third-order valence-corrected chi connectivity index (χ3v) is 4.44. The van der Waals surface area contributed by atoms with E-state index < -0.39 is 17.2 Å². The summed E-state index contributed by atoms with van der Waals surface area (Å²) >= 11 is 0. The van der Waals surface area contributed by atoms with Gasteiger partial charge in [0.15, 0.2) is 17.0 Å². The van der Waals surface area contributed by atoms with E-state index in [9.17, 15) is 8.78 Å². The highest BCUT2D eigenvalue weighted by Crippen LogP contribution is 2.48. The first kappa shape index (κ1) is 18.6. The van der Waals surface area contributed by atoms with Gasteiger partial charge in [-0.2, -0.15) is 0 Å². The molecule has 0 saturated carbocycles. The second-order valence-electron chi connectivity index (χ2n) is 5.73. The van der Waals surface area contributed by atoms with Gasteiger partial charge in [0.2, 0.25) is 5.75 Å². The van der Waals surface area contributed by atoms with Gasteiger partial charge in [0.1, 0.15) is 18.0 Å². The van der Waals surface area contributed by atoms with Crippen molar-refractivity contribution >= 4 is 18.2 Å². The lowest BCUT2D eigenvalue weighted by molar-refractivity contribution is 0.320. The van der Waals surface area contributed by atoms with Crippen LogP contribution >= 0.6 is 0 Å². The summed E-state index contributed by atoms with van der Waals surface area (Å²) < 4.78 is 45.5. The SMILES string of the molecule is CNc1cc(F)c(C2(c3ccc(OC)c(OC)c3OC)C=NC=N2)cc1F. The Hall–Kier alpha value is -3.16. The average molecular weight is 375 g/mol. The zero-order valence-electron chi connectivity index (χ0n) is 15.3. The normalized spacial score (nSPS) is 17.9. The van der Waals surface area contributed by atoms with Crippen molar-refractivity contribution in [1.82, 2.24) is 0 Å². The largest absolute Gasteiger partial charge is 0.493 e. The van der Waals surface area contributed by atoms with Crippen LogP contribution in [0.1, 0.15) is 11.1 Å². The Morgan fingerprint density at radius 3 is 2.22 bits per heavy atom. The van der Waals surface area contributed by atoms with Crippen molar-refractivity contribution in [3.8, 4) is 17.2 Å². The molecule has 3 rings (SSSR count). The maximum atomic E-state index is 14.9. The van der Waals surface area contributed by atoms with Crippen molar-refractivity contribution in [2.45, 2.75) is 5.54 Å². The number of hydrogen-bond donors (Lipinski definition) is 1. The predicted octanol–water partition coefficient (Wildman–Crippen LogP) is 3.39. The Labute approximate surface area is 155 Å². The number of halogens is 2. The fraction of sp³-hybridized carbons (Fsp3) is 0.263. The van der Waals surface area contributed by atoms with E-state index in [1.807, 2.05) is 0 Å². The minimum absolute atomic E-state index is 0.00187. The second-order valence-corrected chi connectivity index (χ2v) is 5.73. The van der Waals surface area contributed by atoms with Gasteiger partial charge in [0.05, 0.1) is 27.0 Å². The average Bonchev–Trinajstić information content (AvgIpc) is 3.18. The van der Waals surface area contributed by atoms with Crippen molar-refractivity contribution in [3.05, 3.63) is 47.0 Å². The molecule has 1 N–H and O–H groups in total. The van der Waals surface area contributed by atoms with Gasteiger partial charge in [0.25, 0.3) is 0 Å². The molecule has 0 aromatic heterocycles. The molecule has 27 heavy (non-hydrogen) atoms. The Kier molecular flexibility index (Phi) is 4.98. The lowest BCUT2D eigenvalue weighted by atomic mass is 9.83. The zero-order chi connectivity index (χ0) is 19.6. The van der Waals surface area contributed by atoms with Crippen LogP contribution in [0.4, 0.5) is 14.5 Å². The first-order chi connectivity index (χ1) is 13.0. The molecule has 1 aliphatic heterocycles. The minimum Gasteiger partial charge on any atom is -0.493 e. The smallest absolute Gasteiger partial charge is 0.203 e. The summed E-state index contributed by atoms with van der Waals surface area (Å²) in [7, 11) is 5.92. The maximum absolute atomic E-state index is 14.9. The fourth-order valence-corrected chi connectivity index (χ4v) is 3.15. The highest BCUT2D eigenvalue weighted by Gasteiger charge is 2.41. The van der Waals surface area contributed by atoms with Crippen molar-refractivity contribution < 1.29 is 23.0 Å². The number of anilines is 1. The molecular formula is C19H19F2N3O3. The van der Waals surface area contributed by atoms with E-state index in [1.54, 1.807) is 12.1 Å². The standard InChI is InChI=1S/C19H19F2N3O3/c1-22-15-8-13(20)12(7-14(15)21)19(9-23-10-24-19)11-5-6-16(25-2)18(27-4)17(11)26-3/h5-10,22H,1-4H3. The van der Waals surface area contributed by atoms with Gasteiger partial charge < -0.3 is 19.5 Å². The number of rotatable bonds is 6. The Balaban J connectivity index is 2.31. The zero-order valence-corrected chi connectivity index (χ0v) is 15.3. The molecule has 0 spiro atoms. The molecule has 0 bridgehead atoms. The summed E-state index contributed by atoms with van der Waals surface area (Å²) in [5.41, 5.74) is -0.912. The highest BCUT2D eigenvalue weighted by molar-refractivity contribution is 5.92. The van der Waals surface area contributed by atoms with E-state index in [0.717, 1.165) is 12.1 Å². The molecule has 0 saturated heterocycles. The lowest BCUT2D eigenvalue weighted by Crippen LogP contribution is -2.28. The Morgan fingerprint density at radius 2 is 1.67 bits per heavy atom. The van der Waals surface area contributed by atoms with E-state index in [1.165, 1.54) is 40.9 Å². The molecule has 0 aliphatic carbocycles. The molecule has 0 fully saturated rings. The Bertz CT molecular complexity index is 917. The Morgan fingerprint density at radius 1 is 0.926 bits per heavy atom. The van der Waals surface area contributed by atoms with E-state index in [-0.39, 0.29) is 11.3 Å². The van der Waals surface area contributed by atoms with Crippen LogP contribution in [0.5, 0.6) is 17.2 Å². The molecule has 0 amide bonds. The molecule has 8 heteroatoms. The molecule has 0 radical (unpaired) electrons. The van der Waals surface area contributed by atoms with Crippen LogP contribution in [0.2, 0.25) is 0 Å². The molecule has 1 aliphatic rings. The van der Waals surface area contributed by atoms with Crippen LogP contribution in [0, 0.1) is 11.6 Å². The van der Waals surface area contributed by atoms with Crippen molar-refractivity contribution in [1.29, 1.82) is 0 Å². The second kappa shape index (κ2) is 7.22. The van der Waals surface area contributed by atoms with E-state index in [2.05, 4.69) is 15.3 Å². The van der Waals surface area contributed by atoms with Gasteiger partial charge >= 0.3 is 0 Å². The van der Waals surface area contributed by atoms with Crippen LogP contribution in [0.25, 0.3) is 0 Å². The fourth-order valence-electron chi connectivity index (χ4n) is 3.15. The number of nitrogens with one attached hydrogen (secondary N) is 1. The number of hydrogen-bond acceptors (Lipinski definition) is 6. The van der Waals surface area contributed by atoms with Gasteiger partial charge in [-0.25, -0.2) is 13.8 Å². The summed E-state index contributed by atoms with van der Waals surface area (Å²) in [5, 5.41) is 2.61. The summed E-state index contributed by atoms with van der Waals surface area (Å²) in [6, 6.07) is 5.50. The first-order valence-electron chi connectivity index (χ1n) is 8.07. The van der Waals surface area contributed by atoms with Gasteiger partial charge in [-0.05, 0) is 18.2 Å². The van der Waals surface area contributed by atoms with Gasteiger partial charge in [-0.1, -0.05) is 0 Å². The van der Waals surface area contributed by atoms with Crippen molar-refractivity contribution in [2.24, 2.45) is 9.98 Å². The number of ether oxygens (including phenoxy) is 3. The van der Waals surface area contributed by atoms with E-state index >= 15 is 0 Å². The molecule has 2 aromatic rings. The molecular weight excluding hydrogens is 356 g/mol. The molecule has 1 heterocycles. The van der Waals surface area contributed by atoms with Crippen LogP contribution in [0.15, 0.2) is 34.3 Å². The predicted molar refractivity (Wildman–Crippen MR) is 99.8 cm³/mol. The van der Waals surface area contributed by atoms with Crippen LogP contribution < -0.4 is 19.5 Å². The molecule has 1 unspecified atom stereocenters. The van der Waals surface area contributed by atoms with Crippen LogP contribution in [-0.4, -0.2) is 40.9 Å². The maximum Gasteiger partial charge on any atom is 0.203 e. The highest BCUT2D eigenvalue weighted by atomic mass is 19.1. The summed E-state index contributed by atoms with van der Waals surface area (Å²) in [5.74, 6) is -0.199. The van der Waals surface area contributed by atoms with Crippen LogP contribution in [-0.2, 0) is 5.54 Å². The van der Waals surface area contributed by atoms with E-state index in [4.69, 9.17) is 14.2 Å². The van der Waals surface area contributed by atoms with E-state index in [0.29, 0.717) is 22.8 Å². The molecule has 2 aromatic carbocycles. The summed E-state index contributed by atoms with van der Waals surface area (Å²) in [6.07, 6.45) is 2.73. The molecule has 1 atom stereocenters. The minimum atomic E-state index is -1.40. The van der Waals surface area contributed by atoms with Gasteiger partial charge in [0, 0.05) is 30.5 Å². The molecule has 6 nitrogen and oxygen atoms in total. The van der Waals surface area contributed by atoms with Crippen molar-refractivity contribution in [2.75, 3.05) is 33.7 Å². The lowest BCUT2D eigenvalue weighted by Gasteiger charge is -2.28. The third-order valence-electron chi connectivity index (χ3n) is 4.44. The number of aliphatic imine (C=N–C) groups is 2.